The molecule has 2 aromatic rings. The average molecular weight is 314 g/mol. The summed E-state index contributed by atoms with van der Waals surface area (Å²) >= 11 is 0. The summed E-state index contributed by atoms with van der Waals surface area (Å²) < 4.78 is 11.9. The Balaban J connectivity index is 2.02. The van der Waals surface area contributed by atoms with Crippen LogP contribution < -0.4 is 9.47 Å². The van der Waals surface area contributed by atoms with E-state index in [0.29, 0.717) is 17.9 Å². The molecule has 1 aliphatic rings. The minimum Gasteiger partial charge on any atom is -0.508 e. The molecule has 1 atom stereocenters. The fourth-order valence-corrected chi connectivity index (χ4v) is 2.84. The molecule has 122 valence electrons. The summed E-state index contributed by atoms with van der Waals surface area (Å²) in [5.74, 6) is 2.13. The number of fused-ring (bicyclic) bond motifs is 1. The Morgan fingerprint density at radius 2 is 1.78 bits per heavy atom. The molecule has 0 aliphatic carbocycles. The zero-order valence-electron chi connectivity index (χ0n) is 13.9. The molecule has 2 N–H and O–H groups in total. The van der Waals surface area contributed by atoms with Crippen molar-refractivity contribution in [3.63, 3.8) is 0 Å². The van der Waals surface area contributed by atoms with E-state index in [-0.39, 0.29) is 5.75 Å². The number of phenolic OH excluding ortho intramolecular Hbond substituents is 1. The highest BCUT2D eigenvalue weighted by molar-refractivity contribution is 5.52. The number of hydrogen-bond acceptors (Lipinski definition) is 4. The number of aliphatic hydroxyl groups excluding tert-OH is 1. The Hall–Kier alpha value is -2.20. The van der Waals surface area contributed by atoms with Crippen LogP contribution in [0.15, 0.2) is 30.3 Å². The van der Waals surface area contributed by atoms with Crippen molar-refractivity contribution in [1.82, 2.24) is 0 Å². The van der Waals surface area contributed by atoms with Gasteiger partial charge in [-0.05, 0) is 63.1 Å². The number of aryl methyl sites for hydroxylation is 2. The fourth-order valence-electron chi connectivity index (χ4n) is 2.84. The lowest BCUT2D eigenvalue weighted by molar-refractivity contribution is -0.0416. The van der Waals surface area contributed by atoms with Crippen molar-refractivity contribution < 1.29 is 19.7 Å². The quantitative estimate of drug-likeness (QED) is 0.883. The van der Waals surface area contributed by atoms with Gasteiger partial charge in [0.1, 0.15) is 28.6 Å². The maximum absolute atomic E-state index is 10.3. The topological polar surface area (TPSA) is 58.9 Å². The summed E-state index contributed by atoms with van der Waals surface area (Å²) in [5, 5.41) is 20.0. The molecule has 0 saturated heterocycles. The Morgan fingerprint density at radius 1 is 1.09 bits per heavy atom. The lowest BCUT2D eigenvalue weighted by Gasteiger charge is -2.37. The number of benzene rings is 2. The molecule has 0 saturated carbocycles. The summed E-state index contributed by atoms with van der Waals surface area (Å²) in [7, 11) is 0. The van der Waals surface area contributed by atoms with Gasteiger partial charge in [0.2, 0.25) is 0 Å². The predicted octanol–water partition coefficient (Wildman–Crippen LogP) is 3.88. The van der Waals surface area contributed by atoms with Gasteiger partial charge in [0.25, 0.3) is 0 Å². The molecule has 0 fully saturated rings. The predicted molar refractivity (Wildman–Crippen MR) is 88.5 cm³/mol. The van der Waals surface area contributed by atoms with E-state index in [1.807, 2.05) is 45.9 Å². The third-order valence-corrected chi connectivity index (χ3v) is 4.15. The molecule has 3 rings (SSSR count). The van der Waals surface area contributed by atoms with Crippen molar-refractivity contribution in [2.75, 3.05) is 0 Å². The standard InChI is InChI=1S/C19H22O4/c1-11-5-13(20)9-14(6-11)22-16-7-12(2)8-17-15(16)10-18(21)19(3,4)23-17/h5-9,18,20-21H,10H2,1-4H3. The van der Waals surface area contributed by atoms with Crippen LogP contribution in [-0.2, 0) is 6.42 Å². The number of aromatic hydroxyl groups is 1. The molecule has 2 aromatic carbocycles. The van der Waals surface area contributed by atoms with Crippen molar-refractivity contribution in [2.45, 2.75) is 45.8 Å². The first-order valence-corrected chi connectivity index (χ1v) is 7.74. The lowest BCUT2D eigenvalue weighted by atomic mass is 9.90. The van der Waals surface area contributed by atoms with Gasteiger partial charge in [-0.3, -0.25) is 0 Å². The molecule has 0 spiro atoms. The van der Waals surface area contributed by atoms with Crippen LogP contribution in [0.4, 0.5) is 0 Å². The summed E-state index contributed by atoms with van der Waals surface area (Å²) in [6.45, 7) is 7.63. The maximum Gasteiger partial charge on any atom is 0.134 e. The SMILES string of the molecule is Cc1cc(O)cc(Oc2cc(C)cc3c2CC(O)C(C)(C)O3)c1. The molecule has 1 aliphatic heterocycles. The molecular formula is C19H22O4. The van der Waals surface area contributed by atoms with Crippen molar-refractivity contribution >= 4 is 0 Å². The zero-order chi connectivity index (χ0) is 16.8. The van der Waals surface area contributed by atoms with E-state index in [9.17, 15) is 10.2 Å². The Bertz CT molecular complexity index is 729. The molecule has 0 radical (unpaired) electrons. The van der Waals surface area contributed by atoms with Gasteiger partial charge in [-0.2, -0.15) is 0 Å². The molecular weight excluding hydrogens is 292 g/mol. The van der Waals surface area contributed by atoms with Gasteiger partial charge in [0.15, 0.2) is 0 Å². The van der Waals surface area contributed by atoms with Crippen LogP contribution in [0.3, 0.4) is 0 Å². The Labute approximate surface area is 136 Å². The van der Waals surface area contributed by atoms with Crippen LogP contribution >= 0.6 is 0 Å². The van der Waals surface area contributed by atoms with Crippen LogP contribution in [-0.4, -0.2) is 21.9 Å². The van der Waals surface area contributed by atoms with E-state index in [2.05, 4.69) is 0 Å². The second kappa shape index (κ2) is 5.46. The minimum absolute atomic E-state index is 0.166. The third-order valence-electron chi connectivity index (χ3n) is 4.15. The molecule has 23 heavy (non-hydrogen) atoms. The molecule has 1 heterocycles. The van der Waals surface area contributed by atoms with Gasteiger partial charge in [-0.1, -0.05) is 0 Å². The molecule has 0 aromatic heterocycles. The van der Waals surface area contributed by atoms with Gasteiger partial charge >= 0.3 is 0 Å². The van der Waals surface area contributed by atoms with Gasteiger partial charge in [0.05, 0.1) is 6.10 Å². The third kappa shape index (κ3) is 3.13. The summed E-state index contributed by atoms with van der Waals surface area (Å²) in [4.78, 5) is 0. The molecule has 4 nitrogen and oxygen atoms in total. The largest absolute Gasteiger partial charge is 0.508 e. The summed E-state index contributed by atoms with van der Waals surface area (Å²) in [5.41, 5.74) is 2.16. The van der Waals surface area contributed by atoms with Crippen LogP contribution in [0.1, 0.15) is 30.5 Å². The van der Waals surface area contributed by atoms with Crippen molar-refractivity contribution in [3.05, 3.63) is 47.0 Å². The summed E-state index contributed by atoms with van der Waals surface area (Å²) in [6, 6.07) is 8.99. The van der Waals surface area contributed by atoms with Crippen molar-refractivity contribution in [2.24, 2.45) is 0 Å². The van der Waals surface area contributed by atoms with Crippen molar-refractivity contribution in [1.29, 1.82) is 0 Å². The van der Waals surface area contributed by atoms with Crippen molar-refractivity contribution in [3.8, 4) is 23.0 Å². The monoisotopic (exact) mass is 314 g/mol. The first kappa shape index (κ1) is 15.7. The zero-order valence-corrected chi connectivity index (χ0v) is 13.9. The van der Waals surface area contributed by atoms with Crippen LogP contribution in [0.2, 0.25) is 0 Å². The van der Waals surface area contributed by atoms with E-state index in [4.69, 9.17) is 9.47 Å². The summed E-state index contributed by atoms with van der Waals surface area (Å²) in [6.07, 6.45) is -0.138. The van der Waals surface area contributed by atoms with Crippen LogP contribution in [0.5, 0.6) is 23.0 Å². The highest BCUT2D eigenvalue weighted by Crippen LogP contribution is 2.41. The first-order valence-electron chi connectivity index (χ1n) is 7.74. The fraction of sp³-hybridized carbons (Fsp3) is 0.368. The molecule has 1 unspecified atom stereocenters. The van der Waals surface area contributed by atoms with E-state index in [0.717, 1.165) is 22.4 Å². The number of ether oxygens (including phenoxy) is 2. The molecule has 4 heteroatoms. The van der Waals surface area contributed by atoms with E-state index >= 15 is 0 Å². The average Bonchev–Trinajstić information content (AvgIpc) is 2.39. The minimum atomic E-state index is -0.625. The van der Waals surface area contributed by atoms with Crippen LogP contribution in [0.25, 0.3) is 0 Å². The molecule has 0 bridgehead atoms. The molecule has 0 amide bonds. The smallest absolute Gasteiger partial charge is 0.134 e. The highest BCUT2D eigenvalue weighted by Gasteiger charge is 2.37. The highest BCUT2D eigenvalue weighted by atomic mass is 16.5. The second-order valence-electron chi connectivity index (χ2n) is 6.77. The number of rotatable bonds is 2. The van der Waals surface area contributed by atoms with Gasteiger partial charge in [0, 0.05) is 18.1 Å². The van der Waals surface area contributed by atoms with Crippen LogP contribution in [0, 0.1) is 13.8 Å². The van der Waals surface area contributed by atoms with E-state index < -0.39 is 11.7 Å². The normalized spacial score (nSPS) is 18.9. The van der Waals surface area contributed by atoms with Gasteiger partial charge < -0.3 is 19.7 Å². The van der Waals surface area contributed by atoms with E-state index in [1.165, 1.54) is 0 Å². The second-order valence-corrected chi connectivity index (χ2v) is 6.77. The van der Waals surface area contributed by atoms with Gasteiger partial charge in [-0.15, -0.1) is 0 Å². The Morgan fingerprint density at radius 3 is 2.48 bits per heavy atom. The number of aliphatic hydroxyl groups is 1. The lowest BCUT2D eigenvalue weighted by Crippen LogP contribution is -2.46. The number of phenols is 1. The Kier molecular flexibility index (Phi) is 3.72. The maximum atomic E-state index is 10.3. The van der Waals surface area contributed by atoms with E-state index in [1.54, 1.807) is 12.1 Å². The first-order chi connectivity index (χ1) is 10.7. The van der Waals surface area contributed by atoms with Gasteiger partial charge in [-0.25, -0.2) is 0 Å². The number of hydrogen-bond donors (Lipinski definition) is 2.